The highest BCUT2D eigenvalue weighted by Gasteiger charge is 2.14. The first-order chi connectivity index (χ1) is 9.15. The van der Waals surface area contributed by atoms with Gasteiger partial charge in [0.2, 0.25) is 5.88 Å². The normalized spacial score (nSPS) is 12.0. The van der Waals surface area contributed by atoms with E-state index in [1.807, 2.05) is 25.1 Å². The van der Waals surface area contributed by atoms with Crippen LogP contribution in [-0.4, -0.2) is 24.2 Å². The van der Waals surface area contributed by atoms with E-state index < -0.39 is 0 Å². The number of hydrogen-bond donors (Lipinski definition) is 1. The van der Waals surface area contributed by atoms with Gasteiger partial charge < -0.3 is 15.2 Å². The van der Waals surface area contributed by atoms with Crippen LogP contribution in [0.4, 0.5) is 0 Å². The zero-order valence-corrected chi connectivity index (χ0v) is 11.3. The molecule has 5 heteroatoms. The quantitative estimate of drug-likeness (QED) is 0.907. The molecule has 2 rings (SSSR count). The van der Waals surface area contributed by atoms with Gasteiger partial charge >= 0.3 is 0 Å². The highest BCUT2D eigenvalue weighted by molar-refractivity contribution is 5.39. The van der Waals surface area contributed by atoms with Crippen molar-refractivity contribution in [3.05, 3.63) is 47.4 Å². The maximum Gasteiger partial charge on any atom is 0.216 e. The summed E-state index contributed by atoms with van der Waals surface area (Å²) in [6, 6.07) is 7.22. The first-order valence-electron chi connectivity index (χ1n) is 5.91. The Hall–Kier alpha value is -2.14. The minimum absolute atomic E-state index is 0.317. The second-order valence-corrected chi connectivity index (χ2v) is 4.19. The average Bonchev–Trinajstić information content (AvgIpc) is 2.46. The minimum atomic E-state index is -0.317. The molecule has 0 bridgehead atoms. The highest BCUT2D eigenvalue weighted by atomic mass is 16.5. The Morgan fingerprint density at radius 2 is 1.89 bits per heavy atom. The fourth-order valence-corrected chi connectivity index (χ4v) is 1.92. The van der Waals surface area contributed by atoms with E-state index in [0.29, 0.717) is 5.88 Å². The molecule has 5 nitrogen and oxygen atoms in total. The lowest BCUT2D eigenvalue weighted by Gasteiger charge is -2.15. The molecule has 0 radical (unpaired) electrons. The smallest absolute Gasteiger partial charge is 0.216 e. The van der Waals surface area contributed by atoms with Gasteiger partial charge in [0, 0.05) is 6.07 Å². The molecule has 0 spiro atoms. The number of benzene rings is 1. The number of methoxy groups -OCH3 is 2. The van der Waals surface area contributed by atoms with Crippen LogP contribution in [0.2, 0.25) is 0 Å². The van der Waals surface area contributed by atoms with Crippen molar-refractivity contribution in [1.29, 1.82) is 0 Å². The van der Waals surface area contributed by atoms with Crippen molar-refractivity contribution in [3.63, 3.8) is 0 Å². The number of ether oxygens (including phenoxy) is 2. The van der Waals surface area contributed by atoms with Gasteiger partial charge in [0.25, 0.3) is 0 Å². The molecule has 100 valence electrons. The molecule has 1 heterocycles. The van der Waals surface area contributed by atoms with Gasteiger partial charge in [-0.2, -0.15) is 0 Å². The Morgan fingerprint density at radius 3 is 2.53 bits per heavy atom. The zero-order chi connectivity index (χ0) is 13.8. The van der Waals surface area contributed by atoms with Crippen molar-refractivity contribution in [2.24, 2.45) is 5.73 Å². The molecule has 0 aliphatic carbocycles. The lowest BCUT2D eigenvalue weighted by Crippen LogP contribution is -2.15. The van der Waals surface area contributed by atoms with Crippen LogP contribution in [0.15, 0.2) is 30.6 Å². The molecule has 0 aliphatic rings. The lowest BCUT2D eigenvalue weighted by molar-refractivity contribution is 0.395. The van der Waals surface area contributed by atoms with Crippen LogP contribution >= 0.6 is 0 Å². The molecule has 1 unspecified atom stereocenters. The summed E-state index contributed by atoms with van der Waals surface area (Å²) in [5, 5.41) is 0. The van der Waals surface area contributed by atoms with Gasteiger partial charge in [-0.15, -0.1) is 0 Å². The fourth-order valence-electron chi connectivity index (χ4n) is 1.92. The Labute approximate surface area is 112 Å². The average molecular weight is 259 g/mol. The van der Waals surface area contributed by atoms with Crippen LogP contribution in [0.3, 0.4) is 0 Å². The maximum atomic E-state index is 6.25. The molecule has 0 saturated heterocycles. The van der Waals surface area contributed by atoms with E-state index >= 15 is 0 Å². The molecule has 0 aliphatic heterocycles. The second kappa shape index (κ2) is 5.67. The van der Waals surface area contributed by atoms with Crippen molar-refractivity contribution in [2.75, 3.05) is 14.2 Å². The second-order valence-electron chi connectivity index (χ2n) is 4.19. The van der Waals surface area contributed by atoms with E-state index in [2.05, 4.69) is 9.97 Å². The summed E-state index contributed by atoms with van der Waals surface area (Å²) in [5.41, 5.74) is 9.03. The molecule has 1 aromatic heterocycles. The van der Waals surface area contributed by atoms with E-state index in [4.69, 9.17) is 15.2 Å². The molecule has 0 amide bonds. The monoisotopic (exact) mass is 259 g/mol. The largest absolute Gasteiger partial charge is 0.497 e. The number of nitrogens with zero attached hydrogens (tertiary/aromatic N) is 2. The lowest BCUT2D eigenvalue weighted by atomic mass is 9.99. The van der Waals surface area contributed by atoms with E-state index in [9.17, 15) is 0 Å². The predicted molar refractivity (Wildman–Crippen MR) is 72.3 cm³/mol. The van der Waals surface area contributed by atoms with Crippen LogP contribution in [0.1, 0.15) is 22.9 Å². The van der Waals surface area contributed by atoms with Gasteiger partial charge in [0.1, 0.15) is 12.1 Å². The first-order valence-corrected chi connectivity index (χ1v) is 5.91. The maximum absolute atomic E-state index is 6.25. The van der Waals surface area contributed by atoms with Gasteiger partial charge in [0.15, 0.2) is 0 Å². The van der Waals surface area contributed by atoms with Crippen molar-refractivity contribution >= 4 is 0 Å². The van der Waals surface area contributed by atoms with Crippen molar-refractivity contribution in [2.45, 2.75) is 13.0 Å². The predicted octanol–water partition coefficient (Wildman–Crippen LogP) is 1.85. The van der Waals surface area contributed by atoms with E-state index in [0.717, 1.165) is 22.6 Å². The summed E-state index contributed by atoms with van der Waals surface area (Å²) < 4.78 is 10.3. The van der Waals surface area contributed by atoms with Crippen molar-refractivity contribution in [1.82, 2.24) is 9.97 Å². The molecular weight excluding hydrogens is 242 g/mol. The molecule has 2 N–H and O–H groups in total. The van der Waals surface area contributed by atoms with Crippen LogP contribution in [0.25, 0.3) is 0 Å². The van der Waals surface area contributed by atoms with Gasteiger partial charge in [-0.1, -0.05) is 6.07 Å². The number of aryl methyl sites for hydroxylation is 1. The van der Waals surface area contributed by atoms with Crippen LogP contribution in [0, 0.1) is 6.92 Å². The standard InChI is InChI=1S/C14H17N3O2/c1-9-6-10(18-2)4-5-11(9)14(15)12-7-13(19-3)17-8-16-12/h4-8,14H,15H2,1-3H3. The van der Waals surface area contributed by atoms with Gasteiger partial charge in [-0.3, -0.25) is 0 Å². The molecule has 19 heavy (non-hydrogen) atoms. The minimum Gasteiger partial charge on any atom is -0.497 e. The summed E-state index contributed by atoms with van der Waals surface area (Å²) in [5.74, 6) is 1.32. The number of aromatic nitrogens is 2. The Morgan fingerprint density at radius 1 is 1.11 bits per heavy atom. The number of nitrogens with two attached hydrogens (primary N) is 1. The summed E-state index contributed by atoms with van der Waals surface area (Å²) in [6.07, 6.45) is 1.45. The Balaban J connectivity index is 2.35. The van der Waals surface area contributed by atoms with Crippen LogP contribution in [-0.2, 0) is 0 Å². The van der Waals surface area contributed by atoms with E-state index in [-0.39, 0.29) is 6.04 Å². The zero-order valence-electron chi connectivity index (χ0n) is 11.3. The van der Waals surface area contributed by atoms with Crippen molar-refractivity contribution < 1.29 is 9.47 Å². The van der Waals surface area contributed by atoms with Gasteiger partial charge in [0.05, 0.1) is 26.0 Å². The van der Waals surface area contributed by atoms with Gasteiger partial charge in [-0.05, 0) is 30.2 Å². The topological polar surface area (TPSA) is 70.3 Å². The molecule has 2 aromatic rings. The Kier molecular flexibility index (Phi) is 3.97. The number of hydrogen-bond acceptors (Lipinski definition) is 5. The molecular formula is C14H17N3O2. The van der Waals surface area contributed by atoms with E-state index in [1.165, 1.54) is 6.33 Å². The first kappa shape index (κ1) is 13.3. The molecule has 1 atom stereocenters. The summed E-state index contributed by atoms with van der Waals surface area (Å²) in [7, 11) is 3.21. The fraction of sp³-hybridized carbons (Fsp3) is 0.286. The third-order valence-electron chi connectivity index (χ3n) is 3.00. The molecule has 0 saturated carbocycles. The number of rotatable bonds is 4. The Bertz CT molecular complexity index is 572. The summed E-state index contributed by atoms with van der Waals surface area (Å²) >= 11 is 0. The third kappa shape index (κ3) is 2.82. The van der Waals surface area contributed by atoms with Crippen LogP contribution in [0.5, 0.6) is 11.6 Å². The summed E-state index contributed by atoms with van der Waals surface area (Å²) in [6.45, 7) is 2.00. The van der Waals surface area contributed by atoms with Crippen molar-refractivity contribution in [3.8, 4) is 11.6 Å². The highest BCUT2D eigenvalue weighted by Crippen LogP contribution is 2.25. The van der Waals surface area contributed by atoms with Crippen LogP contribution < -0.4 is 15.2 Å². The molecule has 0 fully saturated rings. The summed E-state index contributed by atoms with van der Waals surface area (Å²) in [4.78, 5) is 8.17. The SMILES string of the molecule is COc1ccc(C(N)c2cc(OC)ncn2)c(C)c1. The molecule has 1 aromatic carbocycles. The third-order valence-corrected chi connectivity index (χ3v) is 3.00. The van der Waals surface area contributed by atoms with E-state index in [1.54, 1.807) is 20.3 Å². The van der Waals surface area contributed by atoms with Gasteiger partial charge in [-0.25, -0.2) is 9.97 Å².